The summed E-state index contributed by atoms with van der Waals surface area (Å²) < 4.78 is 0. The average Bonchev–Trinajstić information content (AvgIpc) is 3.14. The third-order valence-electron chi connectivity index (χ3n) is 4.13. The normalized spacial score (nSPS) is 14.6. The Labute approximate surface area is 145 Å². The fourth-order valence-electron chi connectivity index (χ4n) is 2.76. The van der Waals surface area contributed by atoms with Crippen LogP contribution in [0.15, 0.2) is 42.5 Å². The Balaban J connectivity index is 1.69. The molecule has 1 aliphatic heterocycles. The van der Waals surface area contributed by atoms with Crippen molar-refractivity contribution in [2.75, 3.05) is 18.5 Å². The number of nitrogens with one attached hydrogen (secondary N) is 1. The van der Waals surface area contributed by atoms with E-state index in [2.05, 4.69) is 5.32 Å². The van der Waals surface area contributed by atoms with Crippen molar-refractivity contribution in [1.29, 1.82) is 0 Å². The van der Waals surface area contributed by atoms with Crippen LogP contribution < -0.4 is 5.32 Å². The number of aliphatic hydroxyl groups is 1. The highest BCUT2D eigenvalue weighted by atomic mass is 16.7. The van der Waals surface area contributed by atoms with Crippen LogP contribution in [0.3, 0.4) is 0 Å². The zero-order valence-electron chi connectivity index (χ0n) is 13.9. The van der Waals surface area contributed by atoms with Crippen molar-refractivity contribution in [2.24, 2.45) is 0 Å². The van der Waals surface area contributed by atoms with Gasteiger partial charge in [0.15, 0.2) is 0 Å². The summed E-state index contributed by atoms with van der Waals surface area (Å²) in [5.74, 6) is 0. The Morgan fingerprint density at radius 1 is 1.16 bits per heavy atom. The number of hydroxylamine groups is 2. The molecule has 0 spiro atoms. The maximum atomic E-state index is 11.4. The van der Waals surface area contributed by atoms with Gasteiger partial charge in [-0.1, -0.05) is 30.3 Å². The molecule has 0 radical (unpaired) electrons. The van der Waals surface area contributed by atoms with Gasteiger partial charge in [-0.25, -0.2) is 0 Å². The molecule has 0 bridgehead atoms. The second-order valence-electron chi connectivity index (χ2n) is 5.99. The molecule has 2 aromatic rings. The van der Waals surface area contributed by atoms with Gasteiger partial charge in [0.05, 0.1) is 18.1 Å². The number of nitrogens with zero attached hydrogens (tertiary/aromatic N) is 2. The fourth-order valence-corrected chi connectivity index (χ4v) is 2.76. The zero-order valence-corrected chi connectivity index (χ0v) is 13.9. The maximum Gasteiger partial charge on any atom is 0.292 e. The predicted octanol–water partition coefficient (Wildman–Crippen LogP) is 2.84. The van der Waals surface area contributed by atoms with E-state index < -0.39 is 0 Å². The number of nitro groups is 1. The maximum absolute atomic E-state index is 11.4. The molecule has 7 nitrogen and oxygen atoms in total. The minimum Gasteiger partial charge on any atom is -0.392 e. The molecule has 1 fully saturated rings. The third-order valence-corrected chi connectivity index (χ3v) is 4.13. The van der Waals surface area contributed by atoms with Gasteiger partial charge in [-0.3, -0.25) is 15.0 Å². The minimum absolute atomic E-state index is 0.00136. The van der Waals surface area contributed by atoms with Crippen molar-refractivity contribution in [3.63, 3.8) is 0 Å². The van der Waals surface area contributed by atoms with Gasteiger partial charge in [0.2, 0.25) is 0 Å². The number of aliphatic hydroxyl groups excluding tert-OH is 1. The molecule has 1 saturated heterocycles. The summed E-state index contributed by atoms with van der Waals surface area (Å²) in [5, 5.41) is 25.4. The predicted molar refractivity (Wildman–Crippen MR) is 93.8 cm³/mol. The fraction of sp³-hybridized carbons (Fsp3) is 0.333. The van der Waals surface area contributed by atoms with Crippen LogP contribution in [0.25, 0.3) is 0 Å². The van der Waals surface area contributed by atoms with Crippen LogP contribution in [0.5, 0.6) is 0 Å². The standard InChI is InChI=1S/C18H21N3O4/c22-13-15-4-2-14(3-5-15)11-19-17-7-6-16(10-18(17)21(23)24)12-20-8-1-9-25-20/h2-7,10,19,22H,1,8-9,11-13H2. The van der Waals surface area contributed by atoms with Crippen molar-refractivity contribution in [1.82, 2.24) is 5.06 Å². The Bertz CT molecular complexity index is 728. The number of anilines is 1. The minimum atomic E-state index is -0.370. The summed E-state index contributed by atoms with van der Waals surface area (Å²) >= 11 is 0. The lowest BCUT2D eigenvalue weighted by Crippen LogP contribution is -2.17. The smallest absolute Gasteiger partial charge is 0.292 e. The summed E-state index contributed by atoms with van der Waals surface area (Å²) in [6.45, 7) is 2.57. The Kier molecular flexibility index (Phi) is 5.60. The van der Waals surface area contributed by atoms with Gasteiger partial charge < -0.3 is 10.4 Å². The van der Waals surface area contributed by atoms with Crippen LogP contribution in [0.2, 0.25) is 0 Å². The van der Waals surface area contributed by atoms with Gasteiger partial charge in [0.25, 0.3) is 5.69 Å². The van der Waals surface area contributed by atoms with Crippen molar-refractivity contribution in [3.8, 4) is 0 Å². The molecule has 2 N–H and O–H groups in total. The van der Waals surface area contributed by atoms with E-state index in [4.69, 9.17) is 9.94 Å². The summed E-state index contributed by atoms with van der Waals surface area (Å²) in [7, 11) is 0. The largest absolute Gasteiger partial charge is 0.392 e. The van der Waals surface area contributed by atoms with Gasteiger partial charge in [0, 0.05) is 25.7 Å². The van der Waals surface area contributed by atoms with E-state index in [-0.39, 0.29) is 17.2 Å². The van der Waals surface area contributed by atoms with E-state index in [9.17, 15) is 10.1 Å². The molecule has 0 unspecified atom stereocenters. The highest BCUT2D eigenvalue weighted by Gasteiger charge is 2.18. The molecule has 25 heavy (non-hydrogen) atoms. The molecule has 0 aromatic heterocycles. The van der Waals surface area contributed by atoms with Crippen molar-refractivity contribution in [2.45, 2.75) is 26.1 Å². The van der Waals surface area contributed by atoms with E-state index in [1.54, 1.807) is 12.1 Å². The first-order chi connectivity index (χ1) is 12.2. The van der Waals surface area contributed by atoms with Crippen molar-refractivity contribution < 1.29 is 14.9 Å². The molecular weight excluding hydrogens is 322 g/mol. The lowest BCUT2D eigenvalue weighted by molar-refractivity contribution is -0.384. The molecule has 1 aliphatic rings. The molecule has 2 aromatic carbocycles. The number of hydrogen-bond acceptors (Lipinski definition) is 6. The highest BCUT2D eigenvalue weighted by Crippen LogP contribution is 2.27. The monoisotopic (exact) mass is 343 g/mol. The second kappa shape index (κ2) is 8.06. The highest BCUT2D eigenvalue weighted by molar-refractivity contribution is 5.62. The Morgan fingerprint density at radius 3 is 2.52 bits per heavy atom. The number of benzene rings is 2. The first-order valence-corrected chi connectivity index (χ1v) is 8.23. The molecule has 3 rings (SSSR count). The van der Waals surface area contributed by atoms with Crippen LogP contribution in [0.4, 0.5) is 11.4 Å². The zero-order chi connectivity index (χ0) is 17.6. The quantitative estimate of drug-likeness (QED) is 0.594. The Hall–Kier alpha value is -2.48. The van der Waals surface area contributed by atoms with E-state index in [0.29, 0.717) is 25.4 Å². The summed E-state index contributed by atoms with van der Waals surface area (Å²) in [6.07, 6.45) is 0.983. The van der Waals surface area contributed by atoms with Gasteiger partial charge in [-0.05, 0) is 29.2 Å². The van der Waals surface area contributed by atoms with Gasteiger partial charge >= 0.3 is 0 Å². The summed E-state index contributed by atoms with van der Waals surface area (Å²) in [5.41, 5.74) is 3.22. The molecule has 7 heteroatoms. The average molecular weight is 343 g/mol. The van der Waals surface area contributed by atoms with Crippen molar-refractivity contribution >= 4 is 11.4 Å². The van der Waals surface area contributed by atoms with E-state index in [0.717, 1.165) is 29.7 Å². The summed E-state index contributed by atoms with van der Waals surface area (Å²) in [4.78, 5) is 16.5. The number of hydrogen-bond donors (Lipinski definition) is 2. The number of nitro benzene ring substituents is 1. The van der Waals surface area contributed by atoms with Crippen LogP contribution in [0.1, 0.15) is 23.1 Å². The molecule has 0 atom stereocenters. The first-order valence-electron chi connectivity index (χ1n) is 8.23. The van der Waals surface area contributed by atoms with E-state index in [1.807, 2.05) is 35.4 Å². The molecule has 0 amide bonds. The van der Waals surface area contributed by atoms with Gasteiger partial charge in [-0.2, -0.15) is 5.06 Å². The van der Waals surface area contributed by atoms with Crippen LogP contribution >= 0.6 is 0 Å². The Morgan fingerprint density at radius 2 is 1.88 bits per heavy atom. The summed E-state index contributed by atoms with van der Waals surface area (Å²) in [6, 6.07) is 12.7. The molecular formula is C18H21N3O4. The second-order valence-corrected chi connectivity index (χ2v) is 5.99. The van der Waals surface area contributed by atoms with Crippen LogP contribution in [0, 0.1) is 10.1 Å². The van der Waals surface area contributed by atoms with E-state index in [1.165, 1.54) is 0 Å². The molecule has 0 saturated carbocycles. The lowest BCUT2D eigenvalue weighted by Gasteiger charge is -2.14. The lowest BCUT2D eigenvalue weighted by atomic mass is 10.1. The number of rotatable bonds is 7. The molecule has 0 aliphatic carbocycles. The van der Waals surface area contributed by atoms with E-state index >= 15 is 0 Å². The van der Waals surface area contributed by atoms with Gasteiger partial charge in [0.1, 0.15) is 5.69 Å². The molecule has 132 valence electrons. The van der Waals surface area contributed by atoms with Crippen LogP contribution in [-0.4, -0.2) is 28.2 Å². The molecule has 1 heterocycles. The van der Waals surface area contributed by atoms with Crippen molar-refractivity contribution in [3.05, 3.63) is 69.3 Å². The first kappa shape index (κ1) is 17.3. The third kappa shape index (κ3) is 4.54. The SMILES string of the molecule is O=[N+]([O-])c1cc(CN2CCCO2)ccc1NCc1ccc(CO)cc1. The van der Waals surface area contributed by atoms with Gasteiger partial charge in [-0.15, -0.1) is 0 Å². The topological polar surface area (TPSA) is 87.9 Å². The van der Waals surface area contributed by atoms with Crippen LogP contribution in [-0.2, 0) is 24.5 Å².